The number of hydrogen-bond acceptors (Lipinski definition) is 5. The molecule has 5 nitrogen and oxygen atoms in total. The predicted molar refractivity (Wildman–Crippen MR) is 93.7 cm³/mol. The Hall–Kier alpha value is -0.980. The molecule has 1 aromatic rings. The number of carbonyl (C=O) groups is 1. The second-order valence-corrected chi connectivity index (χ2v) is 8.56. The van der Waals surface area contributed by atoms with Gasteiger partial charge in [-0.1, -0.05) is 0 Å². The Morgan fingerprint density at radius 2 is 1.96 bits per heavy atom. The average Bonchev–Trinajstić information content (AvgIpc) is 3.23. The van der Waals surface area contributed by atoms with Gasteiger partial charge in [0, 0.05) is 30.2 Å². The minimum atomic E-state index is -0.279. The summed E-state index contributed by atoms with van der Waals surface area (Å²) in [7, 11) is 0. The Morgan fingerprint density at radius 1 is 1.21 bits per heavy atom. The van der Waals surface area contributed by atoms with Gasteiger partial charge in [0.2, 0.25) is 5.91 Å². The fourth-order valence-electron chi connectivity index (χ4n) is 4.93. The van der Waals surface area contributed by atoms with Gasteiger partial charge in [0.25, 0.3) is 0 Å². The van der Waals surface area contributed by atoms with Crippen molar-refractivity contribution >= 4 is 17.2 Å². The zero-order chi connectivity index (χ0) is 16.6. The van der Waals surface area contributed by atoms with Crippen molar-refractivity contribution in [3.05, 3.63) is 16.6 Å². The lowest BCUT2D eigenvalue weighted by atomic mass is 9.82. The largest absolute Gasteiger partial charge is 0.393 e. The highest BCUT2D eigenvalue weighted by Crippen LogP contribution is 2.41. The van der Waals surface area contributed by atoms with E-state index < -0.39 is 0 Å². The van der Waals surface area contributed by atoms with Crippen molar-refractivity contribution in [1.82, 2.24) is 14.8 Å². The molecule has 132 valence electrons. The maximum Gasteiger partial charge on any atom is 0.243 e. The Bertz CT molecular complexity index is 571. The van der Waals surface area contributed by atoms with Gasteiger partial charge in [-0.2, -0.15) is 0 Å². The van der Waals surface area contributed by atoms with Crippen molar-refractivity contribution in [2.45, 2.75) is 75.6 Å². The maximum absolute atomic E-state index is 13.5. The van der Waals surface area contributed by atoms with Crippen molar-refractivity contribution in [2.75, 3.05) is 13.1 Å². The fraction of sp³-hybridized carbons (Fsp3) is 0.778. The number of nitrogens with zero attached hydrogens (tertiary/aromatic N) is 3. The van der Waals surface area contributed by atoms with Crippen LogP contribution in [0.15, 0.2) is 11.7 Å². The highest BCUT2D eigenvalue weighted by atomic mass is 32.1. The Labute approximate surface area is 147 Å². The van der Waals surface area contributed by atoms with Crippen LogP contribution in [-0.2, 0) is 11.3 Å². The van der Waals surface area contributed by atoms with Gasteiger partial charge < -0.3 is 10.0 Å². The highest BCUT2D eigenvalue weighted by molar-refractivity contribution is 7.09. The van der Waals surface area contributed by atoms with Gasteiger partial charge in [-0.3, -0.25) is 14.7 Å². The van der Waals surface area contributed by atoms with E-state index in [1.54, 1.807) is 11.3 Å². The lowest BCUT2D eigenvalue weighted by Gasteiger charge is -2.48. The molecule has 1 atom stereocenters. The number of rotatable bonds is 3. The number of aromatic nitrogens is 1. The summed E-state index contributed by atoms with van der Waals surface area (Å²) in [5, 5.41) is 9.77. The molecule has 3 aliphatic rings. The second kappa shape index (κ2) is 6.73. The van der Waals surface area contributed by atoms with Gasteiger partial charge in [-0.25, -0.2) is 0 Å². The summed E-state index contributed by atoms with van der Waals surface area (Å²) >= 11 is 1.68. The van der Waals surface area contributed by atoms with Gasteiger partial charge in [0.05, 0.1) is 11.6 Å². The molecule has 1 saturated carbocycles. The summed E-state index contributed by atoms with van der Waals surface area (Å²) in [6.45, 7) is 2.77. The maximum atomic E-state index is 13.5. The zero-order valence-electron chi connectivity index (χ0n) is 14.2. The van der Waals surface area contributed by atoms with Crippen molar-refractivity contribution < 1.29 is 9.90 Å². The molecule has 1 N–H and O–H groups in total. The Morgan fingerprint density at radius 3 is 2.67 bits per heavy atom. The molecule has 0 bridgehead atoms. The van der Waals surface area contributed by atoms with E-state index in [9.17, 15) is 9.90 Å². The number of thiazole rings is 1. The number of hydrogen-bond donors (Lipinski definition) is 1. The molecule has 6 heteroatoms. The molecule has 2 saturated heterocycles. The Kier molecular flexibility index (Phi) is 4.62. The molecule has 1 spiro atoms. The van der Waals surface area contributed by atoms with Crippen LogP contribution in [0.2, 0.25) is 0 Å². The second-order valence-electron chi connectivity index (χ2n) is 7.59. The van der Waals surface area contributed by atoms with Gasteiger partial charge in [0.15, 0.2) is 0 Å². The van der Waals surface area contributed by atoms with Crippen molar-refractivity contribution in [3.63, 3.8) is 0 Å². The molecule has 3 fully saturated rings. The average molecular weight is 350 g/mol. The van der Waals surface area contributed by atoms with Crippen molar-refractivity contribution in [1.29, 1.82) is 0 Å². The summed E-state index contributed by atoms with van der Waals surface area (Å²) < 4.78 is 0. The van der Waals surface area contributed by atoms with Crippen LogP contribution in [0.5, 0.6) is 0 Å². The number of piperidine rings is 1. The highest BCUT2D eigenvalue weighted by Gasteiger charge is 2.51. The van der Waals surface area contributed by atoms with E-state index in [0.717, 1.165) is 71.0 Å². The number of aliphatic hydroxyl groups excluding tert-OH is 1. The molecule has 2 aliphatic heterocycles. The molecule has 4 rings (SSSR count). The first-order valence-electron chi connectivity index (χ1n) is 9.30. The topological polar surface area (TPSA) is 56.7 Å². The first kappa shape index (κ1) is 16.5. The van der Waals surface area contributed by atoms with Crippen LogP contribution in [0.25, 0.3) is 0 Å². The van der Waals surface area contributed by atoms with E-state index in [-0.39, 0.29) is 11.6 Å². The van der Waals surface area contributed by atoms with Crippen LogP contribution in [0.4, 0.5) is 0 Å². The van der Waals surface area contributed by atoms with Crippen LogP contribution in [0.3, 0.4) is 0 Å². The van der Waals surface area contributed by atoms with E-state index in [0.29, 0.717) is 11.9 Å². The van der Waals surface area contributed by atoms with E-state index in [4.69, 9.17) is 0 Å². The van der Waals surface area contributed by atoms with Crippen LogP contribution in [0.1, 0.15) is 56.2 Å². The summed E-state index contributed by atoms with van der Waals surface area (Å²) in [6.07, 6.45) is 9.57. The smallest absolute Gasteiger partial charge is 0.243 e. The summed E-state index contributed by atoms with van der Waals surface area (Å²) in [6, 6.07) is 0.337. The quantitative estimate of drug-likeness (QED) is 0.910. The third-order valence-electron chi connectivity index (χ3n) is 6.21. The lowest BCUT2D eigenvalue weighted by Crippen LogP contribution is -2.62. The van der Waals surface area contributed by atoms with Gasteiger partial charge in [0.1, 0.15) is 5.54 Å². The summed E-state index contributed by atoms with van der Waals surface area (Å²) in [4.78, 5) is 23.5. The van der Waals surface area contributed by atoms with Crippen LogP contribution >= 0.6 is 11.3 Å². The summed E-state index contributed by atoms with van der Waals surface area (Å²) in [5.41, 5.74) is 1.60. The molecule has 1 amide bonds. The van der Waals surface area contributed by atoms with E-state index in [1.807, 2.05) is 11.7 Å². The van der Waals surface area contributed by atoms with Crippen LogP contribution < -0.4 is 0 Å². The molecule has 0 radical (unpaired) electrons. The normalized spacial score (nSPS) is 35.0. The van der Waals surface area contributed by atoms with Crippen molar-refractivity contribution in [2.24, 2.45) is 0 Å². The first-order chi connectivity index (χ1) is 11.7. The van der Waals surface area contributed by atoms with Crippen LogP contribution in [-0.4, -0.2) is 56.6 Å². The molecular weight excluding hydrogens is 322 g/mol. The number of carbonyl (C=O) groups excluding carboxylic acids is 1. The van der Waals surface area contributed by atoms with Gasteiger partial charge in [-0.15, -0.1) is 11.3 Å². The standard InChI is InChI=1S/C18H27N3O2S/c22-15-5-3-14(4-6-15)21-10-2-8-18(17(21)23)7-1-9-20(18)12-16-11-19-13-24-16/h11,13-15,22H,1-10,12H2. The SMILES string of the molecule is O=C1N(C2CCC(O)CC2)CCCC12CCCN2Cc1cncs1. The molecule has 0 aromatic carbocycles. The number of likely N-dealkylation sites (tertiary alicyclic amines) is 2. The fourth-order valence-corrected chi connectivity index (χ4v) is 5.54. The van der Waals surface area contributed by atoms with Gasteiger partial charge >= 0.3 is 0 Å². The van der Waals surface area contributed by atoms with E-state index >= 15 is 0 Å². The molecule has 1 aromatic heterocycles. The lowest BCUT2D eigenvalue weighted by molar-refractivity contribution is -0.152. The number of aliphatic hydroxyl groups is 1. The predicted octanol–water partition coefficient (Wildman–Crippen LogP) is 2.40. The van der Waals surface area contributed by atoms with E-state index in [2.05, 4.69) is 14.8 Å². The van der Waals surface area contributed by atoms with Gasteiger partial charge in [-0.05, 0) is 57.9 Å². The van der Waals surface area contributed by atoms with Crippen molar-refractivity contribution in [3.8, 4) is 0 Å². The molecule has 24 heavy (non-hydrogen) atoms. The minimum absolute atomic E-state index is 0.163. The zero-order valence-corrected chi connectivity index (χ0v) is 15.0. The molecular formula is C18H27N3O2S. The molecule has 1 unspecified atom stereocenters. The van der Waals surface area contributed by atoms with E-state index in [1.165, 1.54) is 4.88 Å². The third-order valence-corrected chi connectivity index (χ3v) is 6.97. The minimum Gasteiger partial charge on any atom is -0.393 e. The number of amides is 1. The Balaban J connectivity index is 1.52. The molecule has 3 heterocycles. The van der Waals surface area contributed by atoms with Crippen LogP contribution in [0, 0.1) is 0 Å². The monoisotopic (exact) mass is 349 g/mol. The molecule has 1 aliphatic carbocycles. The third kappa shape index (κ3) is 2.89. The summed E-state index contributed by atoms with van der Waals surface area (Å²) in [5.74, 6) is 0.358. The first-order valence-corrected chi connectivity index (χ1v) is 10.2.